The van der Waals surface area contributed by atoms with Crippen molar-refractivity contribution in [3.8, 4) is 11.4 Å². The van der Waals surface area contributed by atoms with E-state index in [4.69, 9.17) is 0 Å². The first-order valence-corrected chi connectivity index (χ1v) is 8.35. The normalized spacial score (nSPS) is 13.8. The molecule has 0 radical (unpaired) electrons. The van der Waals surface area contributed by atoms with Gasteiger partial charge in [0.25, 0.3) is 0 Å². The van der Waals surface area contributed by atoms with Gasteiger partial charge >= 0.3 is 0 Å². The fourth-order valence-corrected chi connectivity index (χ4v) is 3.62. The second-order valence-corrected chi connectivity index (χ2v) is 6.29. The van der Waals surface area contributed by atoms with Crippen LogP contribution in [0, 0.1) is 0 Å². The third-order valence-corrected chi connectivity index (χ3v) is 4.77. The van der Waals surface area contributed by atoms with E-state index >= 15 is 0 Å². The first-order chi connectivity index (χ1) is 12.3. The van der Waals surface area contributed by atoms with E-state index in [1.165, 1.54) is 33.3 Å². The van der Waals surface area contributed by atoms with Crippen molar-refractivity contribution in [2.24, 2.45) is 0 Å². The molecule has 2 heterocycles. The Labute approximate surface area is 145 Å². The SMILES string of the molecule is Oc1ccc(/C=C2/c3ccccc3-[n+]3ccc4ccccc4c32)cc1. The van der Waals surface area contributed by atoms with Crippen molar-refractivity contribution in [2.45, 2.75) is 0 Å². The van der Waals surface area contributed by atoms with Crippen molar-refractivity contribution in [1.29, 1.82) is 0 Å². The highest BCUT2D eigenvalue weighted by Crippen LogP contribution is 2.36. The predicted octanol–water partition coefficient (Wildman–Crippen LogP) is 4.72. The van der Waals surface area contributed by atoms with Crippen LogP contribution in [0.2, 0.25) is 0 Å². The topological polar surface area (TPSA) is 24.1 Å². The summed E-state index contributed by atoms with van der Waals surface area (Å²) in [6.45, 7) is 0. The van der Waals surface area contributed by atoms with Crippen LogP contribution in [0.4, 0.5) is 0 Å². The van der Waals surface area contributed by atoms with Gasteiger partial charge in [0.1, 0.15) is 5.75 Å². The lowest BCUT2D eigenvalue weighted by atomic mass is 9.98. The lowest BCUT2D eigenvalue weighted by Crippen LogP contribution is -2.30. The highest BCUT2D eigenvalue weighted by molar-refractivity contribution is 6.02. The van der Waals surface area contributed by atoms with Gasteiger partial charge in [-0.1, -0.05) is 42.5 Å². The van der Waals surface area contributed by atoms with E-state index in [9.17, 15) is 5.11 Å². The minimum atomic E-state index is 0.286. The molecule has 4 aromatic rings. The molecule has 1 N–H and O–H groups in total. The zero-order valence-electron chi connectivity index (χ0n) is 13.6. The third kappa shape index (κ3) is 2.15. The van der Waals surface area contributed by atoms with Crippen LogP contribution in [-0.4, -0.2) is 5.11 Å². The number of nitrogens with zero attached hydrogens (tertiary/aromatic N) is 1. The molecule has 0 aliphatic carbocycles. The Balaban J connectivity index is 1.85. The summed E-state index contributed by atoms with van der Waals surface area (Å²) in [6, 6.07) is 26.5. The molecule has 0 spiro atoms. The Morgan fingerprint density at radius 2 is 1.52 bits per heavy atom. The molecule has 5 rings (SSSR count). The molecule has 2 heteroatoms. The van der Waals surface area contributed by atoms with E-state index in [0.29, 0.717) is 0 Å². The molecule has 0 atom stereocenters. The second-order valence-electron chi connectivity index (χ2n) is 6.29. The summed E-state index contributed by atoms with van der Waals surface area (Å²) in [5, 5.41) is 12.0. The molecule has 0 amide bonds. The molecule has 0 fully saturated rings. The fourth-order valence-electron chi connectivity index (χ4n) is 3.62. The monoisotopic (exact) mass is 322 g/mol. The van der Waals surface area contributed by atoms with Gasteiger partial charge in [-0.25, -0.2) is 0 Å². The summed E-state index contributed by atoms with van der Waals surface area (Å²) in [6.07, 6.45) is 4.34. The minimum Gasteiger partial charge on any atom is -0.508 e. The van der Waals surface area contributed by atoms with Crippen LogP contribution in [0.3, 0.4) is 0 Å². The molecule has 2 nitrogen and oxygen atoms in total. The summed E-state index contributed by atoms with van der Waals surface area (Å²) in [7, 11) is 0. The van der Waals surface area contributed by atoms with Crippen LogP contribution in [0.1, 0.15) is 16.8 Å². The van der Waals surface area contributed by atoms with Crippen molar-refractivity contribution in [3.05, 3.63) is 102 Å². The van der Waals surface area contributed by atoms with E-state index in [2.05, 4.69) is 71.4 Å². The van der Waals surface area contributed by atoms with Crippen LogP contribution >= 0.6 is 0 Å². The van der Waals surface area contributed by atoms with E-state index in [1.807, 2.05) is 12.1 Å². The van der Waals surface area contributed by atoms with E-state index in [-0.39, 0.29) is 5.75 Å². The van der Waals surface area contributed by atoms with Crippen LogP contribution in [0.5, 0.6) is 5.75 Å². The van der Waals surface area contributed by atoms with E-state index in [1.54, 1.807) is 12.1 Å². The number of aromatic nitrogens is 1. The van der Waals surface area contributed by atoms with Gasteiger partial charge in [-0.05, 0) is 41.3 Å². The van der Waals surface area contributed by atoms with Crippen molar-refractivity contribution >= 4 is 22.4 Å². The van der Waals surface area contributed by atoms with Crippen molar-refractivity contribution in [2.75, 3.05) is 0 Å². The molecule has 1 aliphatic heterocycles. The quantitative estimate of drug-likeness (QED) is 0.443. The maximum absolute atomic E-state index is 9.55. The molecule has 1 aliphatic rings. The zero-order valence-corrected chi connectivity index (χ0v) is 13.6. The number of para-hydroxylation sites is 1. The molecule has 3 aromatic carbocycles. The molecule has 0 saturated heterocycles. The highest BCUT2D eigenvalue weighted by Gasteiger charge is 2.33. The van der Waals surface area contributed by atoms with Crippen molar-refractivity contribution in [1.82, 2.24) is 0 Å². The van der Waals surface area contributed by atoms with Gasteiger partial charge in [-0.3, -0.25) is 0 Å². The average Bonchev–Trinajstić information content (AvgIpc) is 2.98. The number of benzene rings is 3. The van der Waals surface area contributed by atoms with Crippen molar-refractivity contribution < 1.29 is 9.67 Å². The maximum Gasteiger partial charge on any atom is 0.227 e. The summed E-state index contributed by atoms with van der Waals surface area (Å²) >= 11 is 0. The summed E-state index contributed by atoms with van der Waals surface area (Å²) in [5.74, 6) is 0.286. The van der Waals surface area contributed by atoms with Gasteiger partial charge in [0.05, 0.1) is 16.5 Å². The van der Waals surface area contributed by atoms with E-state index in [0.717, 1.165) is 5.56 Å². The zero-order chi connectivity index (χ0) is 16.8. The number of hydrogen-bond acceptors (Lipinski definition) is 1. The number of phenolic OH excluding ortho intramolecular Hbond substituents is 1. The predicted molar refractivity (Wildman–Crippen MR) is 101 cm³/mol. The molecule has 0 unspecified atom stereocenters. The standard InChI is InChI=1S/C23H15NO/c25-18-11-9-16(10-12-18)15-21-20-7-3-4-8-22(20)24-14-13-17-5-1-2-6-19(17)23(21)24/h1-15H/p+1. The number of pyridine rings is 1. The third-order valence-electron chi connectivity index (χ3n) is 4.77. The largest absolute Gasteiger partial charge is 0.508 e. The number of fused-ring (bicyclic) bond motifs is 5. The Morgan fingerprint density at radius 1 is 0.760 bits per heavy atom. The van der Waals surface area contributed by atoms with Crippen molar-refractivity contribution in [3.63, 3.8) is 0 Å². The van der Waals surface area contributed by atoms with Gasteiger partial charge in [0, 0.05) is 12.1 Å². The molecule has 0 bridgehead atoms. The van der Waals surface area contributed by atoms with Gasteiger partial charge in [0.2, 0.25) is 11.4 Å². The Morgan fingerprint density at radius 3 is 2.40 bits per heavy atom. The Kier molecular flexibility index (Phi) is 2.98. The minimum absolute atomic E-state index is 0.286. The lowest BCUT2D eigenvalue weighted by Gasteiger charge is -2.02. The molecule has 118 valence electrons. The highest BCUT2D eigenvalue weighted by atomic mass is 16.3. The van der Waals surface area contributed by atoms with Gasteiger partial charge in [0.15, 0.2) is 6.20 Å². The van der Waals surface area contributed by atoms with Gasteiger partial charge in [-0.15, -0.1) is 0 Å². The smallest absolute Gasteiger partial charge is 0.227 e. The number of rotatable bonds is 1. The summed E-state index contributed by atoms with van der Waals surface area (Å²) < 4.78 is 2.27. The molecule has 0 saturated carbocycles. The molecule has 25 heavy (non-hydrogen) atoms. The second kappa shape index (κ2) is 5.32. The lowest BCUT2D eigenvalue weighted by molar-refractivity contribution is -0.592. The molecule has 1 aromatic heterocycles. The fraction of sp³-hybridized carbons (Fsp3) is 0. The van der Waals surface area contributed by atoms with E-state index < -0.39 is 0 Å². The number of aromatic hydroxyl groups is 1. The molecular weight excluding hydrogens is 306 g/mol. The van der Waals surface area contributed by atoms with Crippen LogP contribution in [-0.2, 0) is 0 Å². The maximum atomic E-state index is 9.55. The summed E-state index contributed by atoms with van der Waals surface area (Å²) in [5.41, 5.74) is 5.93. The number of phenols is 1. The molecular formula is C23H16NO+. The first-order valence-electron chi connectivity index (χ1n) is 8.35. The average molecular weight is 322 g/mol. The number of hydrogen-bond donors (Lipinski definition) is 1. The summed E-state index contributed by atoms with van der Waals surface area (Å²) in [4.78, 5) is 0. The van der Waals surface area contributed by atoms with Gasteiger partial charge in [-0.2, -0.15) is 4.57 Å². The van der Waals surface area contributed by atoms with Crippen LogP contribution in [0.15, 0.2) is 85.1 Å². The Bertz CT molecular complexity index is 1140. The Hall–Kier alpha value is -3.39. The van der Waals surface area contributed by atoms with Crippen LogP contribution < -0.4 is 4.57 Å². The van der Waals surface area contributed by atoms with Crippen LogP contribution in [0.25, 0.3) is 28.1 Å². The van der Waals surface area contributed by atoms with Gasteiger partial charge < -0.3 is 5.11 Å². The first kappa shape index (κ1) is 14.0.